The number of rotatable bonds is 5. The van der Waals surface area contributed by atoms with Crippen LogP contribution in [0.4, 0.5) is 11.4 Å². The summed E-state index contributed by atoms with van der Waals surface area (Å²) in [6.45, 7) is 0.587. The minimum atomic E-state index is -0.644. The molecule has 2 N–H and O–H groups in total. The van der Waals surface area contributed by atoms with Gasteiger partial charge in [-0.1, -0.05) is 0 Å². The number of nitrogen functional groups attached to an aromatic ring is 1. The lowest BCUT2D eigenvalue weighted by molar-refractivity contribution is -0.383. The molecule has 0 aliphatic rings. The maximum atomic E-state index is 10.6. The minimum Gasteiger partial charge on any atom is -0.490 e. The number of methoxy groups -OCH3 is 1. The Morgan fingerprint density at radius 2 is 2.24 bits per heavy atom. The third kappa shape index (κ3) is 3.06. The molecular weight excluding hydrogens is 226 g/mol. The van der Waals surface area contributed by atoms with E-state index in [1.54, 1.807) is 0 Å². The van der Waals surface area contributed by atoms with Crippen molar-refractivity contribution in [3.63, 3.8) is 0 Å². The molecule has 0 fully saturated rings. The average molecular weight is 237 g/mol. The van der Waals surface area contributed by atoms with Crippen LogP contribution in [0, 0.1) is 21.4 Å². The van der Waals surface area contributed by atoms with Crippen molar-refractivity contribution in [1.29, 1.82) is 5.26 Å². The lowest BCUT2D eigenvalue weighted by atomic mass is 10.1. The van der Waals surface area contributed by atoms with Gasteiger partial charge in [0.15, 0.2) is 0 Å². The van der Waals surface area contributed by atoms with Crippen molar-refractivity contribution in [2.45, 2.75) is 0 Å². The van der Waals surface area contributed by atoms with Crippen LogP contribution < -0.4 is 10.5 Å². The minimum absolute atomic E-state index is 0.0404. The molecule has 0 spiro atoms. The van der Waals surface area contributed by atoms with E-state index in [1.807, 2.05) is 6.07 Å². The zero-order valence-electron chi connectivity index (χ0n) is 9.17. The summed E-state index contributed by atoms with van der Waals surface area (Å²) in [6.07, 6.45) is 0. The van der Waals surface area contributed by atoms with E-state index >= 15 is 0 Å². The standard InChI is InChI=1S/C10H11N3O4/c1-16-2-3-17-10-5-8(12)9(13(14)15)4-7(10)6-11/h4-5H,2-3,12H2,1H3. The molecule has 1 rings (SSSR count). The molecule has 0 aromatic heterocycles. The molecule has 0 unspecified atom stereocenters. The normalized spacial score (nSPS) is 9.65. The molecule has 0 saturated carbocycles. The molecule has 0 heterocycles. The third-order valence-corrected chi connectivity index (χ3v) is 1.99. The molecule has 0 saturated heterocycles. The zero-order valence-corrected chi connectivity index (χ0v) is 9.17. The molecule has 1 aromatic rings. The second-order valence-electron chi connectivity index (χ2n) is 3.12. The second kappa shape index (κ2) is 5.67. The maximum absolute atomic E-state index is 10.6. The van der Waals surface area contributed by atoms with Crippen LogP contribution in [-0.4, -0.2) is 25.2 Å². The highest BCUT2D eigenvalue weighted by atomic mass is 16.6. The Labute approximate surface area is 97.5 Å². The summed E-state index contributed by atoms with van der Waals surface area (Å²) in [6, 6.07) is 4.18. The summed E-state index contributed by atoms with van der Waals surface area (Å²) in [5.74, 6) is 0.215. The van der Waals surface area contributed by atoms with Gasteiger partial charge in [0, 0.05) is 19.2 Å². The number of anilines is 1. The van der Waals surface area contributed by atoms with Crippen LogP contribution in [0.25, 0.3) is 0 Å². The summed E-state index contributed by atoms with van der Waals surface area (Å²) >= 11 is 0. The molecule has 0 radical (unpaired) electrons. The molecule has 1 aromatic carbocycles. The van der Waals surface area contributed by atoms with Crippen LogP contribution in [0.15, 0.2) is 12.1 Å². The number of hydrogen-bond donors (Lipinski definition) is 1. The smallest absolute Gasteiger partial charge is 0.293 e. The number of nitro groups is 1. The van der Waals surface area contributed by atoms with Crippen LogP contribution in [0.5, 0.6) is 5.75 Å². The summed E-state index contributed by atoms with van der Waals surface area (Å²) in [4.78, 5) is 9.97. The van der Waals surface area contributed by atoms with E-state index in [0.717, 1.165) is 6.07 Å². The fourth-order valence-electron chi connectivity index (χ4n) is 1.18. The number of nitrogens with two attached hydrogens (primary N) is 1. The van der Waals surface area contributed by atoms with Crippen molar-refractivity contribution in [3.8, 4) is 11.8 Å². The van der Waals surface area contributed by atoms with Crippen LogP contribution in [0.1, 0.15) is 5.56 Å². The van der Waals surface area contributed by atoms with Gasteiger partial charge in [0.1, 0.15) is 29.7 Å². The molecule has 0 aliphatic heterocycles. The fourth-order valence-corrected chi connectivity index (χ4v) is 1.18. The van der Waals surface area contributed by atoms with Crippen LogP contribution in [-0.2, 0) is 4.74 Å². The highest BCUT2D eigenvalue weighted by Gasteiger charge is 2.16. The number of ether oxygens (including phenoxy) is 2. The van der Waals surface area contributed by atoms with E-state index in [0.29, 0.717) is 6.61 Å². The first-order valence-electron chi connectivity index (χ1n) is 4.70. The van der Waals surface area contributed by atoms with Crippen molar-refractivity contribution in [2.75, 3.05) is 26.1 Å². The maximum Gasteiger partial charge on any atom is 0.293 e. The quantitative estimate of drug-likeness (QED) is 0.355. The van der Waals surface area contributed by atoms with Gasteiger partial charge in [-0.05, 0) is 0 Å². The molecule has 0 aliphatic carbocycles. The van der Waals surface area contributed by atoms with E-state index in [9.17, 15) is 10.1 Å². The van der Waals surface area contributed by atoms with E-state index in [2.05, 4.69) is 0 Å². The van der Waals surface area contributed by atoms with Crippen molar-refractivity contribution >= 4 is 11.4 Å². The Kier molecular flexibility index (Phi) is 4.25. The Morgan fingerprint density at radius 1 is 1.53 bits per heavy atom. The van der Waals surface area contributed by atoms with Crippen molar-refractivity contribution < 1.29 is 14.4 Å². The summed E-state index contributed by atoms with van der Waals surface area (Å²) < 4.78 is 10.0. The van der Waals surface area contributed by atoms with Gasteiger partial charge in [-0.15, -0.1) is 0 Å². The largest absolute Gasteiger partial charge is 0.490 e. The Bertz CT molecular complexity index is 467. The van der Waals surface area contributed by atoms with Gasteiger partial charge in [0.05, 0.1) is 11.5 Å². The molecule has 0 atom stereocenters. The first-order valence-corrected chi connectivity index (χ1v) is 4.70. The van der Waals surface area contributed by atoms with Crippen molar-refractivity contribution in [3.05, 3.63) is 27.8 Å². The van der Waals surface area contributed by atoms with Crippen LogP contribution in [0.3, 0.4) is 0 Å². The molecule has 7 heteroatoms. The lowest BCUT2D eigenvalue weighted by Gasteiger charge is -2.08. The Morgan fingerprint density at radius 3 is 2.76 bits per heavy atom. The predicted molar refractivity (Wildman–Crippen MR) is 59.6 cm³/mol. The first kappa shape index (κ1) is 12.7. The summed E-state index contributed by atoms with van der Waals surface area (Å²) in [5.41, 5.74) is 5.21. The topological polar surface area (TPSA) is 111 Å². The number of nitrogens with zero attached hydrogens (tertiary/aromatic N) is 2. The summed E-state index contributed by atoms with van der Waals surface area (Å²) in [7, 11) is 1.51. The lowest BCUT2D eigenvalue weighted by Crippen LogP contribution is -2.06. The van der Waals surface area contributed by atoms with Crippen molar-refractivity contribution in [2.24, 2.45) is 0 Å². The third-order valence-electron chi connectivity index (χ3n) is 1.99. The number of nitriles is 1. The number of benzene rings is 1. The fraction of sp³-hybridized carbons (Fsp3) is 0.300. The molecule has 0 bridgehead atoms. The average Bonchev–Trinajstić information content (AvgIpc) is 2.29. The number of nitro benzene ring substituents is 1. The van der Waals surface area contributed by atoms with E-state index < -0.39 is 4.92 Å². The van der Waals surface area contributed by atoms with Crippen molar-refractivity contribution in [1.82, 2.24) is 0 Å². The highest BCUT2D eigenvalue weighted by molar-refractivity contribution is 5.66. The van der Waals surface area contributed by atoms with Gasteiger partial charge in [-0.3, -0.25) is 10.1 Å². The highest BCUT2D eigenvalue weighted by Crippen LogP contribution is 2.30. The summed E-state index contributed by atoms with van der Waals surface area (Å²) in [5, 5.41) is 19.5. The molecule has 17 heavy (non-hydrogen) atoms. The Balaban J connectivity index is 3.03. The van der Waals surface area contributed by atoms with Gasteiger partial charge in [-0.2, -0.15) is 5.26 Å². The molecule has 0 amide bonds. The van der Waals surface area contributed by atoms with E-state index in [1.165, 1.54) is 13.2 Å². The van der Waals surface area contributed by atoms with Gasteiger partial charge in [0.25, 0.3) is 5.69 Å². The SMILES string of the molecule is COCCOc1cc(N)c([N+](=O)[O-])cc1C#N. The number of hydrogen-bond acceptors (Lipinski definition) is 6. The van der Waals surface area contributed by atoms with E-state index in [4.69, 9.17) is 20.5 Å². The van der Waals surface area contributed by atoms with Crippen LogP contribution >= 0.6 is 0 Å². The zero-order chi connectivity index (χ0) is 12.8. The van der Waals surface area contributed by atoms with Gasteiger partial charge in [0.2, 0.25) is 0 Å². The van der Waals surface area contributed by atoms with E-state index in [-0.39, 0.29) is 29.3 Å². The van der Waals surface area contributed by atoms with Crippen LogP contribution in [0.2, 0.25) is 0 Å². The predicted octanol–water partition coefficient (Wildman–Crippen LogP) is 1.07. The van der Waals surface area contributed by atoms with Gasteiger partial charge >= 0.3 is 0 Å². The second-order valence-corrected chi connectivity index (χ2v) is 3.12. The molecular formula is C10H11N3O4. The Hall–Kier alpha value is -2.33. The van der Waals surface area contributed by atoms with Gasteiger partial charge < -0.3 is 15.2 Å². The van der Waals surface area contributed by atoms with Gasteiger partial charge in [-0.25, -0.2) is 0 Å². The molecule has 7 nitrogen and oxygen atoms in total. The first-order chi connectivity index (χ1) is 8.10. The monoisotopic (exact) mass is 237 g/mol. The molecule has 90 valence electrons.